The van der Waals surface area contributed by atoms with Crippen molar-refractivity contribution in [1.82, 2.24) is 0 Å². The maximum atomic E-state index is 12.8. The maximum absolute atomic E-state index is 12.8. The van der Waals surface area contributed by atoms with E-state index < -0.39 is 6.10 Å². The summed E-state index contributed by atoms with van der Waals surface area (Å²) in [6.45, 7) is 6.56. The number of rotatable bonds is 61. The highest BCUT2D eigenvalue weighted by Gasteiger charge is 2.19. The first-order valence-electron chi connectivity index (χ1n) is 33.0. The topological polar surface area (TPSA) is 78.9 Å². The van der Waals surface area contributed by atoms with Crippen LogP contribution in [0.1, 0.15) is 361 Å². The van der Waals surface area contributed by atoms with Crippen LogP contribution in [-0.4, -0.2) is 37.2 Å². The van der Waals surface area contributed by atoms with Crippen LogP contribution in [0.25, 0.3) is 0 Å². The largest absolute Gasteiger partial charge is 0.462 e. The van der Waals surface area contributed by atoms with E-state index in [1.807, 2.05) is 0 Å². The highest BCUT2D eigenvalue weighted by Crippen LogP contribution is 2.18. The van der Waals surface area contributed by atoms with E-state index in [2.05, 4.69) is 57.2 Å². The monoisotopic (exact) mass is 1040 g/mol. The molecule has 0 N–H and O–H groups in total. The highest BCUT2D eigenvalue weighted by atomic mass is 16.6. The Bertz CT molecular complexity index is 1240. The number of unbranched alkanes of at least 4 members (excludes halogenated alkanes) is 44. The van der Waals surface area contributed by atoms with Crippen LogP contribution in [-0.2, 0) is 28.6 Å². The van der Waals surface area contributed by atoms with E-state index in [0.717, 1.165) is 83.5 Å². The van der Waals surface area contributed by atoms with Crippen molar-refractivity contribution in [2.24, 2.45) is 0 Å². The Morgan fingerprint density at radius 2 is 0.527 bits per heavy atom. The summed E-state index contributed by atoms with van der Waals surface area (Å²) < 4.78 is 16.9. The van der Waals surface area contributed by atoms with E-state index in [4.69, 9.17) is 14.2 Å². The van der Waals surface area contributed by atoms with Gasteiger partial charge >= 0.3 is 17.9 Å². The zero-order chi connectivity index (χ0) is 53.6. The standard InChI is InChI=1S/C68H126O6/c1-4-7-10-13-16-19-22-25-26-27-28-29-30-31-32-33-34-35-36-37-38-39-40-41-44-46-49-52-55-58-61-67(70)73-64-65(74-68(71)62-59-56-53-50-47-43-24-21-18-15-12-9-6-3)63-72-66(69)60-57-54-51-48-45-42-23-20-17-14-11-8-5-2/h9,12,18,21,43,47,65H,4-8,10-11,13-17,19-20,22-42,44-46,48-64H2,1-3H3/b12-9-,21-18-,47-43-. The predicted molar refractivity (Wildman–Crippen MR) is 321 cm³/mol. The third-order valence-corrected chi connectivity index (χ3v) is 14.9. The molecule has 0 bridgehead atoms. The van der Waals surface area contributed by atoms with Gasteiger partial charge in [0.1, 0.15) is 13.2 Å². The van der Waals surface area contributed by atoms with Gasteiger partial charge in [-0.05, 0) is 51.4 Å². The van der Waals surface area contributed by atoms with Crippen LogP contribution in [0.15, 0.2) is 36.5 Å². The van der Waals surface area contributed by atoms with Crippen LogP contribution in [0.5, 0.6) is 0 Å². The summed E-state index contributed by atoms with van der Waals surface area (Å²) in [5.74, 6) is -0.887. The number of carbonyl (C=O) groups is 3. The molecule has 1 atom stereocenters. The van der Waals surface area contributed by atoms with Crippen molar-refractivity contribution in [3.8, 4) is 0 Å². The van der Waals surface area contributed by atoms with Gasteiger partial charge in [-0.25, -0.2) is 0 Å². The number of hydrogen-bond donors (Lipinski definition) is 0. The summed E-state index contributed by atoms with van der Waals surface area (Å²) in [6, 6.07) is 0. The molecule has 0 amide bonds. The Morgan fingerprint density at radius 3 is 0.824 bits per heavy atom. The molecular weight excluding hydrogens is 913 g/mol. The number of ether oxygens (including phenoxy) is 3. The Hall–Kier alpha value is -2.37. The van der Waals surface area contributed by atoms with Gasteiger partial charge in [0.15, 0.2) is 6.10 Å². The van der Waals surface area contributed by atoms with Crippen LogP contribution in [0.3, 0.4) is 0 Å². The molecule has 0 aromatic carbocycles. The first kappa shape index (κ1) is 71.6. The minimum Gasteiger partial charge on any atom is -0.462 e. The van der Waals surface area contributed by atoms with Crippen LogP contribution >= 0.6 is 0 Å². The second kappa shape index (κ2) is 63.2. The van der Waals surface area contributed by atoms with Crippen molar-refractivity contribution in [3.05, 3.63) is 36.5 Å². The summed E-state index contributed by atoms with van der Waals surface area (Å²) in [4.78, 5) is 38.2. The molecule has 0 heterocycles. The van der Waals surface area contributed by atoms with Crippen LogP contribution < -0.4 is 0 Å². The molecule has 0 fully saturated rings. The zero-order valence-corrected chi connectivity index (χ0v) is 49.9. The van der Waals surface area contributed by atoms with Crippen molar-refractivity contribution in [2.75, 3.05) is 13.2 Å². The van der Waals surface area contributed by atoms with Gasteiger partial charge in [0, 0.05) is 19.3 Å². The third-order valence-electron chi connectivity index (χ3n) is 14.9. The fraction of sp³-hybridized carbons (Fsp3) is 0.868. The minimum absolute atomic E-state index is 0.0791. The molecular formula is C68H126O6. The third kappa shape index (κ3) is 60.5. The van der Waals surface area contributed by atoms with Crippen molar-refractivity contribution in [3.63, 3.8) is 0 Å². The summed E-state index contributed by atoms with van der Waals surface area (Å²) in [6.07, 6.45) is 77.6. The van der Waals surface area contributed by atoms with Crippen molar-refractivity contribution in [1.29, 1.82) is 0 Å². The Balaban J connectivity index is 4.10. The molecule has 1 unspecified atom stereocenters. The summed E-state index contributed by atoms with van der Waals surface area (Å²) in [7, 11) is 0. The second-order valence-electron chi connectivity index (χ2n) is 22.4. The average Bonchev–Trinajstić information content (AvgIpc) is 3.40. The van der Waals surface area contributed by atoms with E-state index in [-0.39, 0.29) is 31.1 Å². The number of carbonyl (C=O) groups excluding carboxylic acids is 3. The van der Waals surface area contributed by atoms with Crippen molar-refractivity contribution >= 4 is 17.9 Å². The predicted octanol–water partition coefficient (Wildman–Crippen LogP) is 22.4. The number of hydrogen-bond acceptors (Lipinski definition) is 6. The smallest absolute Gasteiger partial charge is 0.306 e. The summed E-state index contributed by atoms with van der Waals surface area (Å²) in [5, 5.41) is 0. The molecule has 74 heavy (non-hydrogen) atoms. The SMILES string of the molecule is CC/C=C\C/C=C\C/C=C\CCCCCC(=O)OC(COC(=O)CCCCCCCCCCCCCCC)COC(=O)CCCCCCCCCCCCCCCCCCCCCCCCCCCCCCCC. The fourth-order valence-electron chi connectivity index (χ4n) is 9.99. The Kier molecular flexibility index (Phi) is 61.1. The molecule has 0 saturated heterocycles. The normalized spacial score (nSPS) is 12.2. The summed E-state index contributed by atoms with van der Waals surface area (Å²) >= 11 is 0. The molecule has 0 saturated carbocycles. The molecule has 0 aromatic heterocycles. The molecule has 0 radical (unpaired) electrons. The Morgan fingerprint density at radius 1 is 0.284 bits per heavy atom. The lowest BCUT2D eigenvalue weighted by Crippen LogP contribution is -2.30. The van der Waals surface area contributed by atoms with E-state index >= 15 is 0 Å². The van der Waals surface area contributed by atoms with E-state index in [0.29, 0.717) is 19.3 Å². The van der Waals surface area contributed by atoms with Gasteiger partial charge in [0.2, 0.25) is 0 Å². The highest BCUT2D eigenvalue weighted by molar-refractivity contribution is 5.71. The lowest BCUT2D eigenvalue weighted by atomic mass is 10.0. The lowest BCUT2D eigenvalue weighted by molar-refractivity contribution is -0.167. The Labute approximate surface area is 461 Å². The van der Waals surface area contributed by atoms with Gasteiger partial charge in [-0.1, -0.05) is 327 Å². The first-order valence-corrected chi connectivity index (χ1v) is 33.0. The number of esters is 3. The molecule has 0 aromatic rings. The maximum Gasteiger partial charge on any atom is 0.306 e. The van der Waals surface area contributed by atoms with Crippen LogP contribution in [0.2, 0.25) is 0 Å². The summed E-state index contributed by atoms with van der Waals surface area (Å²) in [5.41, 5.74) is 0. The van der Waals surface area contributed by atoms with Crippen LogP contribution in [0.4, 0.5) is 0 Å². The number of allylic oxidation sites excluding steroid dienone is 6. The van der Waals surface area contributed by atoms with Crippen molar-refractivity contribution < 1.29 is 28.6 Å². The van der Waals surface area contributed by atoms with Gasteiger partial charge in [-0.2, -0.15) is 0 Å². The average molecular weight is 1040 g/mol. The van der Waals surface area contributed by atoms with Crippen molar-refractivity contribution in [2.45, 2.75) is 367 Å². The van der Waals surface area contributed by atoms with E-state index in [1.165, 1.54) is 238 Å². The molecule has 0 aliphatic rings. The first-order chi connectivity index (χ1) is 36.5. The van der Waals surface area contributed by atoms with E-state index in [9.17, 15) is 14.4 Å². The van der Waals surface area contributed by atoms with Gasteiger partial charge < -0.3 is 14.2 Å². The molecule has 0 rings (SSSR count). The van der Waals surface area contributed by atoms with E-state index in [1.54, 1.807) is 0 Å². The van der Waals surface area contributed by atoms with Crippen LogP contribution in [0, 0.1) is 0 Å². The molecule has 434 valence electrons. The lowest BCUT2D eigenvalue weighted by Gasteiger charge is -2.18. The van der Waals surface area contributed by atoms with Gasteiger partial charge in [-0.15, -0.1) is 0 Å². The quantitative estimate of drug-likeness (QED) is 0.0261. The van der Waals surface area contributed by atoms with Gasteiger partial charge in [0.25, 0.3) is 0 Å². The molecule has 0 spiro atoms. The minimum atomic E-state index is -0.783. The molecule has 6 nitrogen and oxygen atoms in total. The van der Waals surface area contributed by atoms with Gasteiger partial charge in [-0.3, -0.25) is 14.4 Å². The molecule has 0 aliphatic heterocycles. The molecule has 0 aliphatic carbocycles. The second-order valence-corrected chi connectivity index (χ2v) is 22.4. The zero-order valence-electron chi connectivity index (χ0n) is 49.9. The molecule has 6 heteroatoms. The van der Waals surface area contributed by atoms with Gasteiger partial charge in [0.05, 0.1) is 0 Å². The fourth-order valence-corrected chi connectivity index (χ4v) is 9.99.